The van der Waals surface area contributed by atoms with Gasteiger partial charge in [0, 0.05) is 63.3 Å². The summed E-state index contributed by atoms with van der Waals surface area (Å²) in [7, 11) is 0. The van der Waals surface area contributed by atoms with Gasteiger partial charge in [-0.2, -0.15) is 0 Å². The van der Waals surface area contributed by atoms with E-state index < -0.39 is 0 Å². The highest BCUT2D eigenvalue weighted by molar-refractivity contribution is 5.92. The molecule has 142 valence electrons. The fraction of sp³-hybridized carbons (Fsp3) is 0.455. The molecule has 1 aromatic carbocycles. The second-order valence-corrected chi connectivity index (χ2v) is 7.63. The van der Waals surface area contributed by atoms with Crippen molar-refractivity contribution in [3.05, 3.63) is 59.9 Å². The van der Waals surface area contributed by atoms with Crippen LogP contribution in [0.4, 0.5) is 5.69 Å². The van der Waals surface area contributed by atoms with Crippen LogP contribution in [0.5, 0.6) is 0 Å². The molecule has 0 saturated carbocycles. The Bertz CT molecular complexity index is 779. The first-order valence-electron chi connectivity index (χ1n) is 9.94. The lowest BCUT2D eigenvalue weighted by molar-refractivity contribution is -0.116. The van der Waals surface area contributed by atoms with Crippen LogP contribution in [0, 0.1) is 0 Å². The van der Waals surface area contributed by atoms with Crippen molar-refractivity contribution in [1.29, 1.82) is 0 Å². The SMILES string of the molecule is CC(=O)N1CCC2CCC(CNCc3ccccc31)N2Cc1ccncc1. The van der Waals surface area contributed by atoms with Gasteiger partial charge >= 0.3 is 0 Å². The van der Waals surface area contributed by atoms with Gasteiger partial charge in [-0.3, -0.25) is 14.7 Å². The Balaban J connectivity index is 1.59. The van der Waals surface area contributed by atoms with E-state index in [9.17, 15) is 4.79 Å². The lowest BCUT2D eigenvalue weighted by Crippen LogP contribution is -2.42. The molecule has 2 aromatic rings. The van der Waals surface area contributed by atoms with Crippen LogP contribution in [0.3, 0.4) is 0 Å². The first kappa shape index (κ1) is 18.1. The third-order valence-corrected chi connectivity index (χ3v) is 5.93. The summed E-state index contributed by atoms with van der Waals surface area (Å²) in [5, 5.41) is 3.65. The molecular weight excluding hydrogens is 336 g/mol. The first-order valence-corrected chi connectivity index (χ1v) is 9.94. The van der Waals surface area contributed by atoms with Gasteiger partial charge < -0.3 is 10.2 Å². The van der Waals surface area contributed by atoms with Crippen LogP contribution < -0.4 is 10.2 Å². The summed E-state index contributed by atoms with van der Waals surface area (Å²) in [4.78, 5) is 21.1. The Morgan fingerprint density at radius 3 is 2.70 bits per heavy atom. The van der Waals surface area contributed by atoms with Gasteiger partial charge in [0.05, 0.1) is 0 Å². The summed E-state index contributed by atoms with van der Waals surface area (Å²) in [5.41, 5.74) is 3.56. The normalized spacial score (nSPS) is 23.5. The van der Waals surface area contributed by atoms with E-state index >= 15 is 0 Å². The molecule has 1 saturated heterocycles. The van der Waals surface area contributed by atoms with Crippen LogP contribution in [-0.2, 0) is 17.9 Å². The molecule has 2 aliphatic heterocycles. The van der Waals surface area contributed by atoms with E-state index in [4.69, 9.17) is 0 Å². The molecule has 4 rings (SSSR count). The molecule has 5 heteroatoms. The Hall–Kier alpha value is -2.24. The van der Waals surface area contributed by atoms with E-state index in [0.29, 0.717) is 12.1 Å². The van der Waals surface area contributed by atoms with E-state index in [1.165, 1.54) is 24.0 Å². The number of para-hydroxylation sites is 1. The number of rotatable bonds is 2. The Kier molecular flexibility index (Phi) is 5.50. The average Bonchev–Trinajstić information content (AvgIpc) is 3.03. The average molecular weight is 364 g/mol. The van der Waals surface area contributed by atoms with E-state index in [-0.39, 0.29) is 5.91 Å². The van der Waals surface area contributed by atoms with Crippen LogP contribution in [-0.4, -0.2) is 41.0 Å². The smallest absolute Gasteiger partial charge is 0.223 e. The Labute approximate surface area is 161 Å². The topological polar surface area (TPSA) is 48.5 Å². The maximum atomic E-state index is 12.4. The van der Waals surface area contributed by atoms with Crippen LogP contribution in [0.2, 0.25) is 0 Å². The van der Waals surface area contributed by atoms with E-state index in [0.717, 1.165) is 38.3 Å². The van der Waals surface area contributed by atoms with E-state index in [1.54, 1.807) is 6.92 Å². The number of anilines is 1. The number of benzene rings is 1. The van der Waals surface area contributed by atoms with Crippen molar-refractivity contribution in [1.82, 2.24) is 15.2 Å². The fourth-order valence-corrected chi connectivity index (χ4v) is 4.52. The Morgan fingerprint density at radius 1 is 1.11 bits per heavy atom. The zero-order valence-electron chi connectivity index (χ0n) is 16.0. The summed E-state index contributed by atoms with van der Waals surface area (Å²) in [5.74, 6) is 0.122. The monoisotopic (exact) mass is 364 g/mol. The highest BCUT2D eigenvalue weighted by Crippen LogP contribution is 2.30. The number of hydrogen-bond acceptors (Lipinski definition) is 4. The second kappa shape index (κ2) is 8.19. The van der Waals surface area contributed by atoms with Gasteiger partial charge in [-0.25, -0.2) is 0 Å². The quantitative estimate of drug-likeness (QED) is 0.890. The molecule has 2 atom stereocenters. The van der Waals surface area contributed by atoms with Crippen molar-refractivity contribution >= 4 is 11.6 Å². The van der Waals surface area contributed by atoms with Crippen molar-refractivity contribution in [3.63, 3.8) is 0 Å². The van der Waals surface area contributed by atoms with Crippen LogP contribution >= 0.6 is 0 Å². The molecule has 1 aromatic heterocycles. The highest BCUT2D eigenvalue weighted by Gasteiger charge is 2.34. The van der Waals surface area contributed by atoms with Gasteiger partial charge in [0.15, 0.2) is 0 Å². The summed E-state index contributed by atoms with van der Waals surface area (Å²) in [6.45, 7) is 5.18. The number of amides is 1. The predicted octanol–water partition coefficient (Wildman–Crippen LogP) is 2.96. The second-order valence-electron chi connectivity index (χ2n) is 7.63. The number of fused-ring (bicyclic) bond motifs is 3. The minimum Gasteiger partial charge on any atom is -0.312 e. The largest absolute Gasteiger partial charge is 0.312 e. The molecule has 1 amide bonds. The van der Waals surface area contributed by atoms with Crippen molar-refractivity contribution < 1.29 is 4.79 Å². The van der Waals surface area contributed by atoms with Gasteiger partial charge in [-0.15, -0.1) is 0 Å². The maximum Gasteiger partial charge on any atom is 0.223 e. The minimum atomic E-state index is 0.122. The zero-order valence-corrected chi connectivity index (χ0v) is 16.0. The maximum absolute atomic E-state index is 12.4. The van der Waals surface area contributed by atoms with Gasteiger partial charge in [0.2, 0.25) is 5.91 Å². The number of hydrogen-bond donors (Lipinski definition) is 1. The molecule has 2 aliphatic rings. The van der Waals surface area contributed by atoms with Gasteiger partial charge in [-0.05, 0) is 48.6 Å². The van der Waals surface area contributed by atoms with Gasteiger partial charge in [-0.1, -0.05) is 18.2 Å². The Morgan fingerprint density at radius 2 is 1.89 bits per heavy atom. The standard InChI is InChI=1S/C22H28N4O/c1-17(27)25-13-10-20-6-7-21(26(20)16-18-8-11-23-12-9-18)15-24-14-19-4-2-3-5-22(19)25/h2-5,8-9,11-12,20-21,24H,6-7,10,13-16H2,1H3. The number of carbonyl (C=O) groups excluding carboxylic acids is 1. The van der Waals surface area contributed by atoms with Crippen molar-refractivity contribution in [2.75, 3.05) is 18.0 Å². The molecule has 0 spiro atoms. The predicted molar refractivity (Wildman–Crippen MR) is 107 cm³/mol. The lowest BCUT2D eigenvalue weighted by atomic mass is 10.1. The first-order chi connectivity index (χ1) is 13.2. The number of pyridine rings is 1. The van der Waals surface area contributed by atoms with E-state index in [2.05, 4.69) is 45.5 Å². The zero-order chi connectivity index (χ0) is 18.6. The number of carbonyl (C=O) groups is 1. The molecule has 2 unspecified atom stereocenters. The summed E-state index contributed by atoms with van der Waals surface area (Å²) in [6.07, 6.45) is 7.16. The number of nitrogens with one attached hydrogen (secondary N) is 1. The van der Waals surface area contributed by atoms with Crippen molar-refractivity contribution in [3.8, 4) is 0 Å². The summed E-state index contributed by atoms with van der Waals surface area (Å²) in [6, 6.07) is 13.5. The molecule has 0 aliphatic carbocycles. The third-order valence-electron chi connectivity index (χ3n) is 5.93. The molecule has 2 bridgehead atoms. The van der Waals surface area contributed by atoms with Crippen molar-refractivity contribution in [2.24, 2.45) is 0 Å². The van der Waals surface area contributed by atoms with Gasteiger partial charge in [0.25, 0.3) is 0 Å². The molecular formula is C22H28N4O. The molecule has 1 N–H and O–H groups in total. The van der Waals surface area contributed by atoms with Gasteiger partial charge in [0.1, 0.15) is 0 Å². The van der Waals surface area contributed by atoms with Crippen LogP contribution in [0.25, 0.3) is 0 Å². The van der Waals surface area contributed by atoms with Crippen LogP contribution in [0.1, 0.15) is 37.3 Å². The van der Waals surface area contributed by atoms with E-state index in [1.807, 2.05) is 23.4 Å². The molecule has 1 fully saturated rings. The number of aromatic nitrogens is 1. The minimum absolute atomic E-state index is 0.122. The molecule has 5 nitrogen and oxygen atoms in total. The highest BCUT2D eigenvalue weighted by atomic mass is 16.2. The van der Waals surface area contributed by atoms with Crippen LogP contribution in [0.15, 0.2) is 48.8 Å². The summed E-state index contributed by atoms with van der Waals surface area (Å²) >= 11 is 0. The lowest BCUT2D eigenvalue weighted by Gasteiger charge is -2.31. The number of nitrogens with zero attached hydrogens (tertiary/aromatic N) is 3. The summed E-state index contributed by atoms with van der Waals surface area (Å²) < 4.78 is 0. The fourth-order valence-electron chi connectivity index (χ4n) is 4.52. The molecule has 27 heavy (non-hydrogen) atoms. The molecule has 3 heterocycles. The van der Waals surface area contributed by atoms with Crippen molar-refractivity contribution in [2.45, 2.75) is 51.4 Å². The molecule has 0 radical (unpaired) electrons. The third kappa shape index (κ3) is 4.04.